The Morgan fingerprint density at radius 3 is 2.52 bits per heavy atom. The van der Waals surface area contributed by atoms with Crippen LogP contribution in [0.4, 0.5) is 5.69 Å². The molecule has 1 aliphatic heterocycles. The zero-order chi connectivity index (χ0) is 22.4. The second-order valence-corrected chi connectivity index (χ2v) is 9.38. The Kier molecular flexibility index (Phi) is 7.29. The zero-order valence-corrected chi connectivity index (χ0v) is 18.4. The Morgan fingerprint density at radius 1 is 1.13 bits per heavy atom. The van der Waals surface area contributed by atoms with E-state index in [1.165, 1.54) is 23.4 Å². The highest BCUT2D eigenvalue weighted by Crippen LogP contribution is 2.25. The summed E-state index contributed by atoms with van der Waals surface area (Å²) in [4.78, 5) is 24.0. The van der Waals surface area contributed by atoms with Crippen molar-refractivity contribution in [1.29, 1.82) is 0 Å². The number of amides is 2. The second kappa shape index (κ2) is 9.93. The Morgan fingerprint density at radius 2 is 1.84 bits per heavy atom. The maximum atomic E-state index is 13.0. The lowest BCUT2D eigenvalue weighted by Gasteiger charge is -2.31. The van der Waals surface area contributed by atoms with Crippen molar-refractivity contribution in [3.63, 3.8) is 0 Å². The molecule has 0 saturated carbocycles. The van der Waals surface area contributed by atoms with Gasteiger partial charge in [0, 0.05) is 37.8 Å². The van der Waals surface area contributed by atoms with E-state index < -0.39 is 15.9 Å². The lowest BCUT2D eigenvalue weighted by molar-refractivity contribution is -0.126. The molecule has 0 spiro atoms. The molecule has 1 saturated heterocycles. The van der Waals surface area contributed by atoms with Crippen molar-refractivity contribution >= 4 is 27.5 Å². The zero-order valence-electron chi connectivity index (χ0n) is 17.6. The van der Waals surface area contributed by atoms with Crippen LogP contribution in [0.3, 0.4) is 0 Å². The van der Waals surface area contributed by atoms with Crippen LogP contribution in [0.15, 0.2) is 53.4 Å². The van der Waals surface area contributed by atoms with Crippen LogP contribution in [0.5, 0.6) is 5.75 Å². The molecule has 0 aliphatic carbocycles. The highest BCUT2D eigenvalue weighted by Gasteiger charge is 2.33. The summed E-state index contributed by atoms with van der Waals surface area (Å²) in [6.07, 6.45) is 1.24. The molecule has 1 atom stereocenters. The molecule has 2 amide bonds. The number of hydrogen-bond donors (Lipinski definition) is 2. The van der Waals surface area contributed by atoms with E-state index in [-0.39, 0.29) is 23.3 Å². The van der Waals surface area contributed by atoms with Gasteiger partial charge in [-0.2, -0.15) is 4.31 Å². The van der Waals surface area contributed by atoms with E-state index in [1.54, 1.807) is 19.2 Å². The fourth-order valence-electron chi connectivity index (χ4n) is 3.61. The normalized spacial score (nSPS) is 17.0. The first kappa shape index (κ1) is 22.8. The first-order valence-electron chi connectivity index (χ1n) is 10.1. The number of carbonyl (C=O) groups excluding carboxylic acids is 2. The van der Waals surface area contributed by atoms with Crippen LogP contribution < -0.4 is 15.4 Å². The quantitative estimate of drug-likeness (QED) is 0.681. The summed E-state index contributed by atoms with van der Waals surface area (Å²) >= 11 is 0. The van der Waals surface area contributed by atoms with Gasteiger partial charge in [0.15, 0.2) is 0 Å². The van der Waals surface area contributed by atoms with Gasteiger partial charge in [-0.15, -0.1) is 0 Å². The number of methoxy groups -OCH3 is 1. The summed E-state index contributed by atoms with van der Waals surface area (Å²) < 4.78 is 32.7. The number of anilines is 1. The molecule has 2 aromatic carbocycles. The summed E-state index contributed by atoms with van der Waals surface area (Å²) in [7, 11) is -2.15. The van der Waals surface area contributed by atoms with Crippen LogP contribution in [-0.4, -0.2) is 44.7 Å². The van der Waals surface area contributed by atoms with Gasteiger partial charge in [0.1, 0.15) is 5.75 Å². The van der Waals surface area contributed by atoms with Crippen molar-refractivity contribution in [1.82, 2.24) is 9.62 Å². The van der Waals surface area contributed by atoms with E-state index >= 15 is 0 Å². The maximum absolute atomic E-state index is 13.0. The molecule has 8 nitrogen and oxygen atoms in total. The average Bonchev–Trinajstić information content (AvgIpc) is 2.77. The van der Waals surface area contributed by atoms with Gasteiger partial charge in [-0.1, -0.05) is 18.2 Å². The number of rotatable bonds is 7. The van der Waals surface area contributed by atoms with Gasteiger partial charge < -0.3 is 15.4 Å². The first-order chi connectivity index (χ1) is 14.8. The van der Waals surface area contributed by atoms with Crippen molar-refractivity contribution in [2.75, 3.05) is 25.5 Å². The lowest BCUT2D eigenvalue weighted by Crippen LogP contribution is -2.45. The predicted molar refractivity (Wildman–Crippen MR) is 117 cm³/mol. The van der Waals surface area contributed by atoms with Gasteiger partial charge >= 0.3 is 0 Å². The van der Waals surface area contributed by atoms with E-state index in [0.717, 1.165) is 5.56 Å². The summed E-state index contributed by atoms with van der Waals surface area (Å²) in [5.74, 6) is -0.129. The number of sulfonamides is 1. The Hall–Kier alpha value is -2.91. The van der Waals surface area contributed by atoms with Gasteiger partial charge in [0.25, 0.3) is 0 Å². The van der Waals surface area contributed by atoms with Gasteiger partial charge in [-0.05, 0) is 43.2 Å². The van der Waals surface area contributed by atoms with Gasteiger partial charge in [-0.25, -0.2) is 8.42 Å². The molecule has 1 heterocycles. The van der Waals surface area contributed by atoms with Crippen LogP contribution in [0.2, 0.25) is 0 Å². The number of carbonyl (C=O) groups is 2. The minimum atomic E-state index is -3.73. The Balaban J connectivity index is 1.64. The highest BCUT2D eigenvalue weighted by molar-refractivity contribution is 7.89. The Labute approximate surface area is 182 Å². The molecule has 2 N–H and O–H groups in total. The fourth-order valence-corrected chi connectivity index (χ4v) is 5.14. The molecule has 0 radical (unpaired) electrons. The van der Waals surface area contributed by atoms with Gasteiger partial charge in [0.2, 0.25) is 21.8 Å². The minimum Gasteiger partial charge on any atom is -0.496 e. The molecular formula is C22H27N3O5S. The van der Waals surface area contributed by atoms with E-state index in [4.69, 9.17) is 4.74 Å². The number of nitrogens with zero attached hydrogens (tertiary/aromatic N) is 1. The number of nitrogens with one attached hydrogen (secondary N) is 2. The van der Waals surface area contributed by atoms with Gasteiger partial charge in [-0.3, -0.25) is 9.59 Å². The largest absolute Gasteiger partial charge is 0.496 e. The summed E-state index contributed by atoms with van der Waals surface area (Å²) in [5.41, 5.74) is 1.39. The lowest BCUT2D eigenvalue weighted by atomic mass is 9.98. The fraction of sp³-hybridized carbons (Fsp3) is 0.364. The topological polar surface area (TPSA) is 105 Å². The third kappa shape index (κ3) is 5.62. The molecule has 0 bridgehead atoms. The van der Waals surface area contributed by atoms with Crippen molar-refractivity contribution in [2.45, 2.75) is 31.2 Å². The molecular weight excluding hydrogens is 418 g/mol. The minimum absolute atomic E-state index is 0.132. The third-order valence-corrected chi connectivity index (χ3v) is 7.09. The number of hydrogen-bond acceptors (Lipinski definition) is 5. The van der Waals surface area contributed by atoms with Crippen molar-refractivity contribution in [3.8, 4) is 5.75 Å². The molecule has 3 rings (SSSR count). The molecule has 0 unspecified atom stereocenters. The number of benzene rings is 2. The predicted octanol–water partition coefficient (Wildman–Crippen LogP) is 2.37. The number of para-hydroxylation sites is 1. The maximum Gasteiger partial charge on any atom is 0.243 e. The van der Waals surface area contributed by atoms with Crippen LogP contribution in [-0.2, 0) is 26.2 Å². The second-order valence-electron chi connectivity index (χ2n) is 7.44. The molecule has 0 aromatic heterocycles. The van der Waals surface area contributed by atoms with Crippen LogP contribution >= 0.6 is 0 Å². The summed E-state index contributed by atoms with van der Waals surface area (Å²) in [5, 5.41) is 5.51. The average molecular weight is 446 g/mol. The molecule has 166 valence electrons. The molecule has 9 heteroatoms. The smallest absolute Gasteiger partial charge is 0.243 e. The van der Waals surface area contributed by atoms with Crippen LogP contribution in [0, 0.1) is 5.92 Å². The van der Waals surface area contributed by atoms with E-state index in [2.05, 4.69) is 10.6 Å². The molecule has 2 aromatic rings. The van der Waals surface area contributed by atoms with Crippen molar-refractivity contribution in [3.05, 3.63) is 54.1 Å². The highest BCUT2D eigenvalue weighted by atomic mass is 32.2. The molecule has 31 heavy (non-hydrogen) atoms. The summed E-state index contributed by atoms with van der Waals surface area (Å²) in [6, 6.07) is 13.5. The van der Waals surface area contributed by atoms with E-state index in [0.29, 0.717) is 37.4 Å². The van der Waals surface area contributed by atoms with Crippen molar-refractivity contribution < 1.29 is 22.7 Å². The third-order valence-electron chi connectivity index (χ3n) is 5.21. The standard InChI is InChI=1S/C22H27N3O5S/c1-16(26)24-19-9-11-20(12-10-19)31(28,29)25-13-5-7-18(15-25)22(27)23-14-17-6-3-4-8-21(17)30-2/h3-4,6,8-12,18H,5,7,13-15H2,1-2H3,(H,23,27)(H,24,26)/t18-/m0/s1. The molecule has 1 fully saturated rings. The number of ether oxygens (including phenoxy) is 1. The SMILES string of the molecule is COc1ccccc1CNC(=O)[C@H]1CCCN(S(=O)(=O)c2ccc(NC(C)=O)cc2)C1. The van der Waals surface area contributed by atoms with Crippen LogP contribution in [0.1, 0.15) is 25.3 Å². The summed E-state index contributed by atoms with van der Waals surface area (Å²) in [6.45, 7) is 2.20. The van der Waals surface area contributed by atoms with Crippen LogP contribution in [0.25, 0.3) is 0 Å². The van der Waals surface area contributed by atoms with Crippen molar-refractivity contribution in [2.24, 2.45) is 5.92 Å². The van der Waals surface area contributed by atoms with E-state index in [9.17, 15) is 18.0 Å². The number of piperidine rings is 1. The monoisotopic (exact) mass is 445 g/mol. The van der Waals surface area contributed by atoms with E-state index in [1.807, 2.05) is 24.3 Å². The Bertz CT molecular complexity index is 1040. The first-order valence-corrected chi connectivity index (χ1v) is 11.5. The molecule has 1 aliphatic rings. The van der Waals surface area contributed by atoms with Gasteiger partial charge in [0.05, 0.1) is 17.9 Å².